The molecule has 0 spiro atoms. The maximum atomic E-state index is 11.7. The van der Waals surface area contributed by atoms with E-state index in [0.717, 1.165) is 38.8 Å². The van der Waals surface area contributed by atoms with E-state index >= 15 is 0 Å². The largest absolute Gasteiger partial charge is 0.462 e. The highest BCUT2D eigenvalue weighted by Gasteiger charge is 2.26. The maximum Gasteiger partial charge on any atom is 0.311 e. The summed E-state index contributed by atoms with van der Waals surface area (Å²) in [6, 6.07) is 0. The van der Waals surface area contributed by atoms with Gasteiger partial charge in [0.25, 0.3) is 0 Å². The number of carbonyl (C=O) groups is 2. The van der Waals surface area contributed by atoms with E-state index in [1.54, 1.807) is 0 Å². The summed E-state index contributed by atoms with van der Waals surface area (Å²) in [4.78, 5) is 23.3. The predicted molar refractivity (Wildman–Crippen MR) is 80.8 cm³/mol. The van der Waals surface area contributed by atoms with Crippen LogP contribution in [-0.4, -0.2) is 38.2 Å². The third-order valence-electron chi connectivity index (χ3n) is 4.23. The molecule has 21 heavy (non-hydrogen) atoms. The summed E-state index contributed by atoms with van der Waals surface area (Å²) in [5, 5.41) is 3.31. The quantitative estimate of drug-likeness (QED) is 0.550. The lowest BCUT2D eigenvalue weighted by Crippen LogP contribution is -2.28. The number of carbonyl (C=O) groups excluding carboxylic acids is 2. The number of nitrogens with one attached hydrogen (secondary N) is 1. The first-order valence-corrected chi connectivity index (χ1v) is 7.99. The van der Waals surface area contributed by atoms with Gasteiger partial charge in [0, 0.05) is 6.42 Å². The highest BCUT2D eigenvalue weighted by atomic mass is 16.6. The Kier molecular flexibility index (Phi) is 7.72. The zero-order valence-corrected chi connectivity index (χ0v) is 13.6. The molecule has 122 valence electrons. The standard InChI is InChI=1S/C16H29NO4/c1-4-16(2,3)15(19)21-12-11-20-14(18)6-5-13-7-9-17-10-8-13/h13,17H,4-12H2,1-3H3. The minimum Gasteiger partial charge on any atom is -0.462 e. The zero-order chi connectivity index (χ0) is 15.7. The molecule has 1 saturated heterocycles. The Bertz CT molecular complexity index is 335. The van der Waals surface area contributed by atoms with Gasteiger partial charge in [-0.3, -0.25) is 9.59 Å². The number of hydrogen-bond donors (Lipinski definition) is 1. The second-order valence-corrected chi connectivity index (χ2v) is 6.33. The van der Waals surface area contributed by atoms with Gasteiger partial charge in [-0.2, -0.15) is 0 Å². The molecule has 0 aliphatic carbocycles. The van der Waals surface area contributed by atoms with Crippen molar-refractivity contribution in [1.29, 1.82) is 0 Å². The Balaban J connectivity index is 2.06. The average molecular weight is 299 g/mol. The van der Waals surface area contributed by atoms with Gasteiger partial charge < -0.3 is 14.8 Å². The molecular weight excluding hydrogens is 270 g/mol. The highest BCUT2D eigenvalue weighted by molar-refractivity contribution is 5.75. The molecule has 0 saturated carbocycles. The lowest BCUT2D eigenvalue weighted by atomic mass is 9.91. The first-order valence-electron chi connectivity index (χ1n) is 7.99. The van der Waals surface area contributed by atoms with Crippen molar-refractivity contribution in [2.45, 2.75) is 52.9 Å². The van der Waals surface area contributed by atoms with E-state index in [9.17, 15) is 9.59 Å². The van der Waals surface area contributed by atoms with Crippen LogP contribution in [0.2, 0.25) is 0 Å². The fourth-order valence-corrected chi connectivity index (χ4v) is 2.19. The van der Waals surface area contributed by atoms with Crippen LogP contribution in [-0.2, 0) is 19.1 Å². The summed E-state index contributed by atoms with van der Waals surface area (Å²) in [5.74, 6) is 0.192. The van der Waals surface area contributed by atoms with E-state index in [-0.39, 0.29) is 25.2 Å². The van der Waals surface area contributed by atoms with Crippen molar-refractivity contribution in [3.05, 3.63) is 0 Å². The maximum absolute atomic E-state index is 11.7. The van der Waals surface area contributed by atoms with E-state index in [0.29, 0.717) is 12.3 Å². The lowest BCUT2D eigenvalue weighted by Gasteiger charge is -2.22. The van der Waals surface area contributed by atoms with Gasteiger partial charge in [-0.05, 0) is 58.5 Å². The van der Waals surface area contributed by atoms with Gasteiger partial charge in [0.1, 0.15) is 13.2 Å². The van der Waals surface area contributed by atoms with Crippen LogP contribution < -0.4 is 5.32 Å². The predicted octanol–water partition coefficient (Wildman–Crippen LogP) is 2.29. The van der Waals surface area contributed by atoms with Gasteiger partial charge in [-0.25, -0.2) is 0 Å². The van der Waals surface area contributed by atoms with Crippen molar-refractivity contribution < 1.29 is 19.1 Å². The summed E-state index contributed by atoms with van der Waals surface area (Å²) in [6.07, 6.45) is 4.35. The Labute approximate surface area is 127 Å². The van der Waals surface area contributed by atoms with E-state index in [4.69, 9.17) is 9.47 Å². The topological polar surface area (TPSA) is 64.6 Å². The molecule has 0 aromatic heterocycles. The summed E-state index contributed by atoms with van der Waals surface area (Å²) < 4.78 is 10.2. The van der Waals surface area contributed by atoms with Crippen LogP contribution in [0.1, 0.15) is 52.9 Å². The molecular formula is C16H29NO4. The molecule has 1 N–H and O–H groups in total. The molecule has 1 heterocycles. The van der Waals surface area contributed by atoms with Crippen LogP contribution in [0, 0.1) is 11.3 Å². The smallest absolute Gasteiger partial charge is 0.311 e. The van der Waals surface area contributed by atoms with Crippen LogP contribution in [0.3, 0.4) is 0 Å². The summed E-state index contributed by atoms with van der Waals surface area (Å²) in [7, 11) is 0. The third kappa shape index (κ3) is 6.93. The molecule has 1 aliphatic heterocycles. The molecule has 5 heteroatoms. The molecule has 5 nitrogen and oxygen atoms in total. The molecule has 0 bridgehead atoms. The van der Waals surface area contributed by atoms with E-state index in [2.05, 4.69) is 5.32 Å². The van der Waals surface area contributed by atoms with Gasteiger partial charge in [0.2, 0.25) is 0 Å². The summed E-state index contributed by atoms with van der Waals surface area (Å²) >= 11 is 0. The van der Waals surface area contributed by atoms with Crippen molar-refractivity contribution in [3.63, 3.8) is 0 Å². The number of ether oxygens (including phenoxy) is 2. The monoisotopic (exact) mass is 299 g/mol. The normalized spacial score (nSPS) is 16.5. The molecule has 0 radical (unpaired) electrons. The fourth-order valence-electron chi connectivity index (χ4n) is 2.19. The van der Waals surface area contributed by atoms with Gasteiger partial charge in [-0.15, -0.1) is 0 Å². The molecule has 0 atom stereocenters. The van der Waals surface area contributed by atoms with Crippen molar-refractivity contribution in [1.82, 2.24) is 5.32 Å². The van der Waals surface area contributed by atoms with Crippen molar-refractivity contribution >= 4 is 11.9 Å². The molecule has 1 fully saturated rings. The van der Waals surface area contributed by atoms with E-state index in [1.807, 2.05) is 20.8 Å². The van der Waals surface area contributed by atoms with Crippen LogP contribution in [0.5, 0.6) is 0 Å². The van der Waals surface area contributed by atoms with Crippen LogP contribution >= 0.6 is 0 Å². The number of hydrogen-bond acceptors (Lipinski definition) is 5. The van der Waals surface area contributed by atoms with Crippen molar-refractivity contribution in [2.75, 3.05) is 26.3 Å². The fraction of sp³-hybridized carbons (Fsp3) is 0.875. The van der Waals surface area contributed by atoms with Crippen LogP contribution in [0.4, 0.5) is 0 Å². The summed E-state index contributed by atoms with van der Waals surface area (Å²) in [6.45, 7) is 8.02. The molecule has 0 unspecified atom stereocenters. The third-order valence-corrected chi connectivity index (χ3v) is 4.23. The second kappa shape index (κ2) is 9.03. The Morgan fingerprint density at radius 3 is 2.38 bits per heavy atom. The van der Waals surface area contributed by atoms with Crippen LogP contribution in [0.25, 0.3) is 0 Å². The lowest BCUT2D eigenvalue weighted by molar-refractivity contribution is -0.159. The highest BCUT2D eigenvalue weighted by Crippen LogP contribution is 2.21. The zero-order valence-electron chi connectivity index (χ0n) is 13.6. The summed E-state index contributed by atoms with van der Waals surface area (Å²) in [5.41, 5.74) is -0.473. The minimum atomic E-state index is -0.473. The molecule has 1 aliphatic rings. The van der Waals surface area contributed by atoms with E-state index < -0.39 is 5.41 Å². The Morgan fingerprint density at radius 1 is 1.14 bits per heavy atom. The first kappa shape index (κ1) is 18.0. The second-order valence-electron chi connectivity index (χ2n) is 6.33. The first-order chi connectivity index (χ1) is 9.95. The number of rotatable bonds is 8. The van der Waals surface area contributed by atoms with Crippen molar-refractivity contribution in [3.8, 4) is 0 Å². The number of piperidine rings is 1. The Morgan fingerprint density at radius 2 is 1.76 bits per heavy atom. The molecule has 0 aromatic rings. The molecule has 0 aromatic carbocycles. The van der Waals surface area contributed by atoms with Gasteiger partial charge in [0.15, 0.2) is 0 Å². The van der Waals surface area contributed by atoms with Crippen LogP contribution in [0.15, 0.2) is 0 Å². The van der Waals surface area contributed by atoms with Gasteiger partial charge in [-0.1, -0.05) is 6.92 Å². The molecule has 0 amide bonds. The van der Waals surface area contributed by atoms with E-state index in [1.165, 1.54) is 0 Å². The minimum absolute atomic E-state index is 0.140. The Hall–Kier alpha value is -1.10. The van der Waals surface area contributed by atoms with Crippen molar-refractivity contribution in [2.24, 2.45) is 11.3 Å². The van der Waals surface area contributed by atoms with Gasteiger partial charge >= 0.3 is 11.9 Å². The molecule has 1 rings (SSSR count). The SMILES string of the molecule is CCC(C)(C)C(=O)OCCOC(=O)CCC1CCNCC1. The average Bonchev–Trinajstić information content (AvgIpc) is 2.50. The number of esters is 2. The van der Waals surface area contributed by atoms with Gasteiger partial charge in [0.05, 0.1) is 5.41 Å².